The van der Waals surface area contributed by atoms with E-state index in [1.807, 2.05) is 16.4 Å². The molecule has 0 spiro atoms. The number of aromatic nitrogens is 4. The lowest BCUT2D eigenvalue weighted by Crippen LogP contribution is -2.21. The molecule has 98 valence electrons. The number of hydrogen-bond donors (Lipinski definition) is 1. The van der Waals surface area contributed by atoms with Crippen LogP contribution in [0.5, 0.6) is 0 Å². The summed E-state index contributed by atoms with van der Waals surface area (Å²) in [6.45, 7) is 7.17. The average Bonchev–Trinajstić information content (AvgIpc) is 2.78. The molecule has 1 aromatic rings. The van der Waals surface area contributed by atoms with Gasteiger partial charge in [0.1, 0.15) is 0 Å². The Hall–Kier alpha value is -0.270. The van der Waals surface area contributed by atoms with Crippen molar-refractivity contribution in [2.45, 2.75) is 32.0 Å². The van der Waals surface area contributed by atoms with Crippen molar-refractivity contribution in [2.75, 3.05) is 30.3 Å². The first-order valence-electron chi connectivity index (χ1n) is 6.05. The number of thioether (sulfide) groups is 2. The molecule has 0 unspecified atom stereocenters. The van der Waals surface area contributed by atoms with Gasteiger partial charge >= 0.3 is 0 Å². The molecule has 5 nitrogen and oxygen atoms in total. The summed E-state index contributed by atoms with van der Waals surface area (Å²) in [4.78, 5) is 0. The van der Waals surface area contributed by atoms with Crippen molar-refractivity contribution in [3.8, 4) is 0 Å². The fourth-order valence-electron chi connectivity index (χ4n) is 1.26. The van der Waals surface area contributed by atoms with Crippen molar-refractivity contribution >= 4 is 23.5 Å². The molecule has 1 rings (SSSR count). The van der Waals surface area contributed by atoms with E-state index < -0.39 is 0 Å². The molecule has 0 saturated carbocycles. The van der Waals surface area contributed by atoms with Crippen molar-refractivity contribution in [3.05, 3.63) is 0 Å². The SMILES string of the molecule is CCCNCCn1nnnc1SCCSCC. The van der Waals surface area contributed by atoms with Crippen LogP contribution in [-0.4, -0.2) is 50.6 Å². The van der Waals surface area contributed by atoms with E-state index in [-0.39, 0.29) is 0 Å². The Morgan fingerprint density at radius 3 is 2.88 bits per heavy atom. The molecule has 1 heterocycles. The van der Waals surface area contributed by atoms with E-state index in [2.05, 4.69) is 34.7 Å². The van der Waals surface area contributed by atoms with E-state index in [0.717, 1.165) is 42.7 Å². The van der Waals surface area contributed by atoms with Crippen molar-refractivity contribution in [2.24, 2.45) is 0 Å². The summed E-state index contributed by atoms with van der Waals surface area (Å²) in [6.07, 6.45) is 1.16. The minimum atomic E-state index is 0.844. The van der Waals surface area contributed by atoms with E-state index >= 15 is 0 Å². The van der Waals surface area contributed by atoms with Gasteiger partial charge in [0.15, 0.2) is 0 Å². The van der Waals surface area contributed by atoms with Crippen molar-refractivity contribution in [3.63, 3.8) is 0 Å². The van der Waals surface area contributed by atoms with E-state index in [0.29, 0.717) is 0 Å². The molecule has 0 saturated heterocycles. The Balaban J connectivity index is 2.22. The smallest absolute Gasteiger partial charge is 0.209 e. The van der Waals surface area contributed by atoms with Gasteiger partial charge in [-0.15, -0.1) is 5.10 Å². The van der Waals surface area contributed by atoms with Gasteiger partial charge in [-0.05, 0) is 29.1 Å². The molecule has 0 aromatic carbocycles. The molecule has 1 aromatic heterocycles. The third kappa shape index (κ3) is 6.28. The zero-order valence-corrected chi connectivity index (χ0v) is 12.2. The first kappa shape index (κ1) is 14.8. The van der Waals surface area contributed by atoms with E-state index in [9.17, 15) is 0 Å². The van der Waals surface area contributed by atoms with Crippen LogP contribution in [0, 0.1) is 0 Å². The van der Waals surface area contributed by atoms with Crippen LogP contribution in [0.3, 0.4) is 0 Å². The molecule has 0 radical (unpaired) electrons. The van der Waals surface area contributed by atoms with Gasteiger partial charge in [-0.1, -0.05) is 25.6 Å². The third-order valence-electron chi connectivity index (χ3n) is 2.09. The van der Waals surface area contributed by atoms with Crippen LogP contribution in [0.4, 0.5) is 0 Å². The quantitative estimate of drug-likeness (QED) is 0.516. The molecule has 17 heavy (non-hydrogen) atoms. The lowest BCUT2D eigenvalue weighted by molar-refractivity contribution is 0.510. The summed E-state index contributed by atoms with van der Waals surface area (Å²) in [5.74, 6) is 3.40. The average molecular weight is 275 g/mol. The summed E-state index contributed by atoms with van der Waals surface area (Å²) in [7, 11) is 0. The Morgan fingerprint density at radius 2 is 2.12 bits per heavy atom. The molecule has 7 heteroatoms. The van der Waals surface area contributed by atoms with Crippen LogP contribution < -0.4 is 5.32 Å². The van der Waals surface area contributed by atoms with Gasteiger partial charge in [0.05, 0.1) is 6.54 Å². The van der Waals surface area contributed by atoms with Gasteiger partial charge in [0.25, 0.3) is 0 Å². The molecular formula is C10H21N5S2. The van der Waals surface area contributed by atoms with Crippen LogP contribution in [0.25, 0.3) is 0 Å². The minimum Gasteiger partial charge on any atom is -0.315 e. The normalized spacial score (nSPS) is 10.9. The van der Waals surface area contributed by atoms with E-state index in [4.69, 9.17) is 0 Å². The highest BCUT2D eigenvalue weighted by Crippen LogP contribution is 2.15. The zero-order valence-electron chi connectivity index (χ0n) is 10.6. The molecule has 0 aliphatic rings. The molecule has 0 bridgehead atoms. The predicted molar refractivity (Wildman–Crippen MR) is 74.7 cm³/mol. The first-order valence-corrected chi connectivity index (χ1v) is 8.20. The Kier molecular flexibility index (Phi) is 8.46. The second kappa shape index (κ2) is 9.73. The van der Waals surface area contributed by atoms with Gasteiger partial charge < -0.3 is 5.32 Å². The Bertz CT molecular complexity index is 265. The van der Waals surface area contributed by atoms with E-state index in [1.54, 1.807) is 11.8 Å². The fourth-order valence-corrected chi connectivity index (χ4v) is 2.91. The van der Waals surface area contributed by atoms with Crippen LogP contribution in [-0.2, 0) is 6.54 Å². The maximum atomic E-state index is 4.04. The molecule has 1 N–H and O–H groups in total. The number of tetrazole rings is 1. The summed E-state index contributed by atoms with van der Waals surface area (Å²) < 4.78 is 1.88. The highest BCUT2D eigenvalue weighted by Gasteiger charge is 2.05. The van der Waals surface area contributed by atoms with Gasteiger partial charge in [0, 0.05) is 18.1 Å². The molecule has 0 atom stereocenters. The lowest BCUT2D eigenvalue weighted by Gasteiger charge is -2.05. The number of rotatable bonds is 10. The van der Waals surface area contributed by atoms with Crippen LogP contribution in [0.1, 0.15) is 20.3 Å². The maximum Gasteiger partial charge on any atom is 0.209 e. The lowest BCUT2D eigenvalue weighted by atomic mass is 10.5. The third-order valence-corrected chi connectivity index (χ3v) is 4.21. The first-order chi connectivity index (χ1) is 8.38. The highest BCUT2D eigenvalue weighted by atomic mass is 32.2. The second-order valence-electron chi connectivity index (χ2n) is 3.48. The Labute approximate surface area is 111 Å². The summed E-state index contributed by atoms with van der Waals surface area (Å²) >= 11 is 3.68. The number of nitrogens with zero attached hydrogens (tertiary/aromatic N) is 4. The topological polar surface area (TPSA) is 55.6 Å². The van der Waals surface area contributed by atoms with Crippen molar-refractivity contribution in [1.29, 1.82) is 0 Å². The largest absolute Gasteiger partial charge is 0.315 e. The molecule has 0 amide bonds. The van der Waals surface area contributed by atoms with Gasteiger partial charge in [-0.3, -0.25) is 0 Å². The second-order valence-corrected chi connectivity index (χ2v) is 5.94. The molecule has 0 aliphatic heterocycles. The summed E-state index contributed by atoms with van der Waals surface area (Å²) in [6, 6.07) is 0. The summed E-state index contributed by atoms with van der Waals surface area (Å²) in [5, 5.41) is 16.0. The van der Waals surface area contributed by atoms with Gasteiger partial charge in [-0.25, -0.2) is 4.68 Å². The van der Waals surface area contributed by atoms with Crippen LogP contribution in [0.15, 0.2) is 5.16 Å². The highest BCUT2D eigenvalue weighted by molar-refractivity contribution is 8.02. The fraction of sp³-hybridized carbons (Fsp3) is 0.900. The van der Waals surface area contributed by atoms with Gasteiger partial charge in [0.2, 0.25) is 5.16 Å². The van der Waals surface area contributed by atoms with Crippen molar-refractivity contribution < 1.29 is 0 Å². The number of hydrogen-bond acceptors (Lipinski definition) is 6. The van der Waals surface area contributed by atoms with Crippen molar-refractivity contribution in [1.82, 2.24) is 25.5 Å². The minimum absolute atomic E-state index is 0.844. The van der Waals surface area contributed by atoms with Crippen LogP contribution in [0.2, 0.25) is 0 Å². The zero-order chi connectivity index (χ0) is 12.3. The van der Waals surface area contributed by atoms with E-state index in [1.165, 1.54) is 5.75 Å². The predicted octanol–water partition coefficient (Wildman–Crippen LogP) is 1.52. The molecule has 0 fully saturated rings. The van der Waals surface area contributed by atoms with Gasteiger partial charge in [-0.2, -0.15) is 11.8 Å². The number of nitrogens with one attached hydrogen (secondary N) is 1. The maximum absolute atomic E-state index is 4.04. The Morgan fingerprint density at radius 1 is 1.24 bits per heavy atom. The summed E-state index contributed by atoms with van der Waals surface area (Å²) in [5.41, 5.74) is 0. The molecular weight excluding hydrogens is 254 g/mol. The molecule has 0 aliphatic carbocycles. The van der Waals surface area contributed by atoms with Crippen LogP contribution >= 0.6 is 23.5 Å². The monoisotopic (exact) mass is 275 g/mol. The standard InChI is InChI=1S/C10H21N5S2/c1-3-5-11-6-7-15-10(12-13-14-15)17-9-8-16-4-2/h11H,3-9H2,1-2H3.